The Hall–Kier alpha value is -2.01. The van der Waals surface area contributed by atoms with Crippen LogP contribution in [0.5, 0.6) is 0 Å². The average molecular weight is 252 g/mol. The summed E-state index contributed by atoms with van der Waals surface area (Å²) in [4.78, 5) is 25.3. The molecule has 0 saturated heterocycles. The summed E-state index contributed by atoms with van der Waals surface area (Å²) in [5.41, 5.74) is -0.151. The molecule has 2 aromatic rings. The van der Waals surface area contributed by atoms with Gasteiger partial charge in [-0.3, -0.25) is 14.3 Å². The Kier molecular flexibility index (Phi) is 3.01. The van der Waals surface area contributed by atoms with Gasteiger partial charge in [0.25, 0.3) is 5.56 Å². The fraction of sp³-hybridized carbons (Fsp3) is 0.0909. The van der Waals surface area contributed by atoms with Crippen LogP contribution in [0.2, 0.25) is 5.02 Å². The summed E-state index contributed by atoms with van der Waals surface area (Å²) >= 11 is 5.82. The molecule has 0 radical (unpaired) electrons. The van der Waals surface area contributed by atoms with Crippen molar-refractivity contribution in [2.75, 3.05) is 5.32 Å². The fourth-order valence-electron chi connectivity index (χ4n) is 1.34. The smallest absolute Gasteiger partial charge is 0.329 e. The molecule has 1 heterocycles. The van der Waals surface area contributed by atoms with Crippen LogP contribution in [0, 0.1) is 0 Å². The van der Waals surface area contributed by atoms with Crippen molar-refractivity contribution in [1.82, 2.24) is 9.55 Å². The third kappa shape index (κ3) is 2.57. The van der Waals surface area contributed by atoms with Crippen LogP contribution in [0.3, 0.4) is 0 Å². The van der Waals surface area contributed by atoms with Crippen molar-refractivity contribution < 1.29 is 0 Å². The molecule has 5 nitrogen and oxygen atoms in total. The summed E-state index contributed by atoms with van der Waals surface area (Å²) in [6.07, 6.45) is 0. The van der Waals surface area contributed by atoms with Crippen molar-refractivity contribution in [3.8, 4) is 0 Å². The topological polar surface area (TPSA) is 66.9 Å². The molecule has 0 saturated carbocycles. The van der Waals surface area contributed by atoms with Crippen LogP contribution in [0.1, 0.15) is 0 Å². The molecule has 88 valence electrons. The highest BCUT2D eigenvalue weighted by molar-refractivity contribution is 6.30. The first-order valence-electron chi connectivity index (χ1n) is 4.89. The van der Waals surface area contributed by atoms with E-state index in [0.29, 0.717) is 16.5 Å². The number of halogens is 1. The van der Waals surface area contributed by atoms with Crippen LogP contribution < -0.4 is 16.6 Å². The van der Waals surface area contributed by atoms with Gasteiger partial charge in [-0.15, -0.1) is 0 Å². The van der Waals surface area contributed by atoms with Crippen LogP contribution in [0.25, 0.3) is 0 Å². The molecule has 0 amide bonds. The third-order valence-electron chi connectivity index (χ3n) is 2.25. The van der Waals surface area contributed by atoms with Crippen LogP contribution >= 0.6 is 11.6 Å². The molecule has 0 aliphatic heterocycles. The van der Waals surface area contributed by atoms with Crippen LogP contribution in [-0.2, 0) is 7.05 Å². The quantitative estimate of drug-likeness (QED) is 0.849. The van der Waals surface area contributed by atoms with E-state index in [1.165, 1.54) is 13.1 Å². The lowest BCUT2D eigenvalue weighted by atomic mass is 10.3. The van der Waals surface area contributed by atoms with Gasteiger partial charge in [-0.25, -0.2) is 4.79 Å². The number of aromatic amines is 1. The summed E-state index contributed by atoms with van der Waals surface area (Å²) in [6, 6.07) is 8.28. The molecule has 0 fully saturated rings. The van der Waals surface area contributed by atoms with E-state index in [1.54, 1.807) is 24.3 Å². The van der Waals surface area contributed by atoms with Gasteiger partial charge in [0, 0.05) is 23.8 Å². The zero-order chi connectivity index (χ0) is 12.4. The van der Waals surface area contributed by atoms with E-state index in [-0.39, 0.29) is 5.56 Å². The zero-order valence-corrected chi connectivity index (χ0v) is 9.78. The van der Waals surface area contributed by atoms with Gasteiger partial charge in [0.05, 0.1) is 0 Å². The van der Waals surface area contributed by atoms with E-state index < -0.39 is 5.69 Å². The van der Waals surface area contributed by atoms with Crippen molar-refractivity contribution in [3.05, 3.63) is 56.2 Å². The molecule has 0 bridgehead atoms. The Morgan fingerprint density at radius 3 is 2.71 bits per heavy atom. The SMILES string of the molecule is Cn1c(=O)cc(Nc2cccc(Cl)c2)[nH]c1=O. The molecular weight excluding hydrogens is 242 g/mol. The lowest BCUT2D eigenvalue weighted by Gasteiger charge is -2.06. The molecule has 0 spiro atoms. The molecule has 1 aromatic carbocycles. The highest BCUT2D eigenvalue weighted by Gasteiger charge is 2.01. The van der Waals surface area contributed by atoms with E-state index >= 15 is 0 Å². The molecule has 1 aromatic heterocycles. The van der Waals surface area contributed by atoms with E-state index in [0.717, 1.165) is 4.57 Å². The standard InChI is InChI=1S/C11H10ClN3O2/c1-15-10(16)6-9(14-11(15)17)13-8-4-2-3-7(12)5-8/h2-6,13H,1H3,(H,14,17). The van der Waals surface area contributed by atoms with Gasteiger partial charge in [-0.1, -0.05) is 17.7 Å². The number of H-pyrrole nitrogens is 1. The van der Waals surface area contributed by atoms with Gasteiger partial charge >= 0.3 is 5.69 Å². The molecule has 0 aliphatic rings. The minimum Gasteiger partial charge on any atom is -0.341 e. The first kappa shape index (κ1) is 11.5. The zero-order valence-electron chi connectivity index (χ0n) is 9.03. The molecule has 0 aliphatic carbocycles. The largest absolute Gasteiger partial charge is 0.341 e. The van der Waals surface area contributed by atoms with Crippen LogP contribution in [-0.4, -0.2) is 9.55 Å². The van der Waals surface area contributed by atoms with Gasteiger partial charge in [-0.2, -0.15) is 0 Å². The first-order chi connectivity index (χ1) is 8.06. The minimum atomic E-state index is -0.470. The van der Waals surface area contributed by atoms with Gasteiger partial charge in [0.1, 0.15) is 5.82 Å². The number of nitrogens with zero attached hydrogens (tertiary/aromatic N) is 1. The van der Waals surface area contributed by atoms with E-state index in [2.05, 4.69) is 10.3 Å². The second-order valence-corrected chi connectivity index (χ2v) is 3.96. The van der Waals surface area contributed by atoms with Crippen molar-refractivity contribution in [2.24, 2.45) is 7.05 Å². The normalized spacial score (nSPS) is 10.2. The molecule has 2 rings (SSSR count). The first-order valence-corrected chi connectivity index (χ1v) is 5.27. The van der Waals surface area contributed by atoms with E-state index in [1.807, 2.05) is 0 Å². The number of aromatic nitrogens is 2. The van der Waals surface area contributed by atoms with E-state index in [4.69, 9.17) is 11.6 Å². The minimum absolute atomic E-state index is 0.334. The maximum Gasteiger partial charge on any atom is 0.329 e. The van der Waals surface area contributed by atoms with Crippen molar-refractivity contribution >= 4 is 23.1 Å². The average Bonchev–Trinajstić information content (AvgIpc) is 2.26. The van der Waals surface area contributed by atoms with Crippen molar-refractivity contribution in [2.45, 2.75) is 0 Å². The summed E-state index contributed by atoms with van der Waals surface area (Å²) in [7, 11) is 1.41. The summed E-state index contributed by atoms with van der Waals surface area (Å²) < 4.78 is 0.989. The molecular formula is C11H10ClN3O2. The Morgan fingerprint density at radius 2 is 2.06 bits per heavy atom. The van der Waals surface area contributed by atoms with Crippen molar-refractivity contribution in [1.29, 1.82) is 0 Å². The Labute approximate surface area is 102 Å². The Morgan fingerprint density at radius 1 is 1.29 bits per heavy atom. The number of nitrogens with one attached hydrogen (secondary N) is 2. The molecule has 17 heavy (non-hydrogen) atoms. The Balaban J connectivity index is 2.37. The highest BCUT2D eigenvalue weighted by Crippen LogP contribution is 2.17. The predicted octanol–water partition coefficient (Wildman–Crippen LogP) is 1.47. The summed E-state index contributed by atoms with van der Waals surface area (Å²) in [6.45, 7) is 0. The molecule has 0 atom stereocenters. The molecule has 2 N–H and O–H groups in total. The molecule has 0 unspecified atom stereocenters. The van der Waals surface area contributed by atoms with Gasteiger partial charge in [0.15, 0.2) is 0 Å². The van der Waals surface area contributed by atoms with Gasteiger partial charge < -0.3 is 5.32 Å². The van der Waals surface area contributed by atoms with Gasteiger partial charge in [0.2, 0.25) is 0 Å². The van der Waals surface area contributed by atoms with E-state index in [9.17, 15) is 9.59 Å². The lowest BCUT2D eigenvalue weighted by Crippen LogP contribution is -2.32. The third-order valence-corrected chi connectivity index (χ3v) is 2.48. The number of anilines is 2. The second-order valence-electron chi connectivity index (χ2n) is 3.52. The van der Waals surface area contributed by atoms with Crippen LogP contribution in [0.15, 0.2) is 39.9 Å². The number of hydrogen-bond acceptors (Lipinski definition) is 3. The van der Waals surface area contributed by atoms with Gasteiger partial charge in [-0.05, 0) is 18.2 Å². The number of hydrogen-bond donors (Lipinski definition) is 2. The summed E-state index contributed by atoms with van der Waals surface area (Å²) in [5, 5.41) is 3.47. The predicted molar refractivity (Wildman–Crippen MR) is 67.0 cm³/mol. The monoisotopic (exact) mass is 251 g/mol. The number of rotatable bonds is 2. The Bertz CT molecular complexity index is 629. The number of benzene rings is 1. The lowest BCUT2D eigenvalue weighted by molar-refractivity contribution is 0.778. The molecule has 6 heteroatoms. The van der Waals surface area contributed by atoms with Crippen molar-refractivity contribution in [3.63, 3.8) is 0 Å². The van der Waals surface area contributed by atoms with Crippen LogP contribution in [0.4, 0.5) is 11.5 Å². The maximum absolute atomic E-state index is 11.4. The highest BCUT2D eigenvalue weighted by atomic mass is 35.5. The maximum atomic E-state index is 11.4. The summed E-state index contributed by atoms with van der Waals surface area (Å²) in [5.74, 6) is 0.334. The fourth-order valence-corrected chi connectivity index (χ4v) is 1.53. The second kappa shape index (κ2) is 4.47.